The van der Waals surface area contributed by atoms with E-state index in [1.807, 2.05) is 0 Å². The Morgan fingerprint density at radius 2 is 1.95 bits per heavy atom. The standard InChI is InChI=1S/C13H16N2O4/c1-9-10(2)15(18)6-5-11(9)19-8-7-14-12(16)3-4-13(14)17/h5-6H,3-4,7-8H2,1-2H3. The third-order valence-electron chi connectivity index (χ3n) is 3.33. The van der Waals surface area contributed by atoms with Crippen molar-refractivity contribution in [3.8, 4) is 5.75 Å². The Bertz CT molecular complexity index is 512. The molecule has 1 aliphatic rings. The number of carbonyl (C=O) groups excluding carboxylic acids is 2. The van der Waals surface area contributed by atoms with Gasteiger partial charge in [-0.05, 0) is 6.92 Å². The first kappa shape index (κ1) is 13.3. The van der Waals surface area contributed by atoms with Crippen molar-refractivity contribution >= 4 is 11.8 Å². The van der Waals surface area contributed by atoms with Gasteiger partial charge in [0.15, 0.2) is 11.9 Å². The fourth-order valence-electron chi connectivity index (χ4n) is 1.99. The Labute approximate surface area is 111 Å². The summed E-state index contributed by atoms with van der Waals surface area (Å²) in [7, 11) is 0. The van der Waals surface area contributed by atoms with Crippen molar-refractivity contribution in [2.24, 2.45) is 0 Å². The lowest BCUT2D eigenvalue weighted by Gasteiger charge is -2.15. The SMILES string of the molecule is Cc1c(OCCN2C(=O)CCC2=O)cc[n+]([O-])c1C. The summed E-state index contributed by atoms with van der Waals surface area (Å²) >= 11 is 0. The highest BCUT2D eigenvalue weighted by molar-refractivity contribution is 6.01. The summed E-state index contributed by atoms with van der Waals surface area (Å²) in [5.41, 5.74) is 1.34. The van der Waals surface area contributed by atoms with Crippen molar-refractivity contribution < 1.29 is 19.1 Å². The number of pyridine rings is 1. The molecule has 2 heterocycles. The number of aromatic nitrogens is 1. The molecule has 0 radical (unpaired) electrons. The molecule has 2 rings (SSSR count). The predicted octanol–water partition coefficient (Wildman–Crippen LogP) is 0.465. The monoisotopic (exact) mass is 264 g/mol. The van der Waals surface area contributed by atoms with Crippen LogP contribution in [0.2, 0.25) is 0 Å². The first-order chi connectivity index (χ1) is 9.00. The summed E-state index contributed by atoms with van der Waals surface area (Å²) < 4.78 is 6.31. The van der Waals surface area contributed by atoms with E-state index in [1.165, 1.54) is 11.1 Å². The van der Waals surface area contributed by atoms with E-state index < -0.39 is 0 Å². The molecule has 19 heavy (non-hydrogen) atoms. The zero-order valence-electron chi connectivity index (χ0n) is 11.0. The molecule has 6 nitrogen and oxygen atoms in total. The topological polar surface area (TPSA) is 73.5 Å². The third kappa shape index (κ3) is 2.67. The van der Waals surface area contributed by atoms with Crippen molar-refractivity contribution in [2.45, 2.75) is 26.7 Å². The molecule has 1 fully saturated rings. The van der Waals surface area contributed by atoms with Gasteiger partial charge >= 0.3 is 0 Å². The van der Waals surface area contributed by atoms with Crippen molar-refractivity contribution in [2.75, 3.05) is 13.2 Å². The molecule has 0 unspecified atom stereocenters. The van der Waals surface area contributed by atoms with Gasteiger partial charge in [0.1, 0.15) is 12.4 Å². The smallest absolute Gasteiger partial charge is 0.229 e. The Morgan fingerprint density at radius 3 is 2.58 bits per heavy atom. The molecule has 102 valence electrons. The van der Waals surface area contributed by atoms with Gasteiger partial charge in [0.25, 0.3) is 0 Å². The number of hydrogen-bond acceptors (Lipinski definition) is 4. The second-order valence-corrected chi connectivity index (χ2v) is 4.50. The molecule has 1 aliphatic heterocycles. The van der Waals surface area contributed by atoms with Crippen LogP contribution in [0.15, 0.2) is 12.3 Å². The number of rotatable bonds is 4. The summed E-state index contributed by atoms with van der Waals surface area (Å²) in [6, 6.07) is 1.59. The highest BCUT2D eigenvalue weighted by atomic mass is 16.5. The Kier molecular flexibility index (Phi) is 3.69. The number of hydrogen-bond donors (Lipinski definition) is 0. The first-order valence-corrected chi connectivity index (χ1v) is 6.16. The molecule has 6 heteroatoms. The van der Waals surface area contributed by atoms with Crippen LogP contribution in [0.3, 0.4) is 0 Å². The number of ether oxygens (including phenoxy) is 1. The molecular weight excluding hydrogens is 248 g/mol. The number of likely N-dealkylation sites (tertiary alicyclic amines) is 1. The highest BCUT2D eigenvalue weighted by Gasteiger charge is 2.28. The number of carbonyl (C=O) groups is 2. The maximum atomic E-state index is 11.4. The van der Waals surface area contributed by atoms with Crippen molar-refractivity contribution in [1.82, 2.24) is 4.90 Å². The third-order valence-corrected chi connectivity index (χ3v) is 3.33. The predicted molar refractivity (Wildman–Crippen MR) is 66.3 cm³/mol. The van der Waals surface area contributed by atoms with Gasteiger partial charge in [0, 0.05) is 25.8 Å². The lowest BCUT2D eigenvalue weighted by molar-refractivity contribution is -0.612. The highest BCUT2D eigenvalue weighted by Crippen LogP contribution is 2.18. The minimum absolute atomic E-state index is 0.146. The molecule has 0 bridgehead atoms. The minimum Gasteiger partial charge on any atom is -0.618 e. The normalized spacial score (nSPS) is 15.2. The Hall–Kier alpha value is -2.11. The van der Waals surface area contributed by atoms with Crippen molar-refractivity contribution in [3.63, 3.8) is 0 Å². The molecular formula is C13H16N2O4. The van der Waals surface area contributed by atoms with Crippen LogP contribution < -0.4 is 9.47 Å². The van der Waals surface area contributed by atoms with Crippen molar-refractivity contribution in [1.29, 1.82) is 0 Å². The molecule has 1 aromatic heterocycles. The molecule has 0 aliphatic carbocycles. The maximum Gasteiger partial charge on any atom is 0.229 e. The average Bonchev–Trinajstić information content (AvgIpc) is 2.70. The zero-order chi connectivity index (χ0) is 14.0. The Morgan fingerprint density at radius 1 is 1.32 bits per heavy atom. The summed E-state index contributed by atoms with van der Waals surface area (Å²) in [5, 5.41) is 11.3. The van der Waals surface area contributed by atoms with Crippen molar-refractivity contribution in [3.05, 3.63) is 28.7 Å². The molecule has 0 N–H and O–H groups in total. The first-order valence-electron chi connectivity index (χ1n) is 6.16. The molecule has 1 saturated heterocycles. The van der Waals surface area contributed by atoms with Gasteiger partial charge in [-0.15, -0.1) is 0 Å². The van der Waals surface area contributed by atoms with Crippen LogP contribution in [-0.2, 0) is 9.59 Å². The summed E-state index contributed by atoms with van der Waals surface area (Å²) in [6.45, 7) is 4.00. The fraction of sp³-hybridized carbons (Fsp3) is 0.462. The average molecular weight is 264 g/mol. The van der Waals surface area contributed by atoms with E-state index in [4.69, 9.17) is 4.74 Å². The van der Waals surface area contributed by atoms with Gasteiger partial charge in [0.05, 0.1) is 12.1 Å². The number of nitrogens with zero attached hydrogens (tertiary/aromatic N) is 2. The van der Waals surface area contributed by atoms with Crippen LogP contribution in [0.5, 0.6) is 5.75 Å². The van der Waals surface area contributed by atoms with E-state index in [1.54, 1.807) is 19.9 Å². The van der Waals surface area contributed by atoms with E-state index in [9.17, 15) is 14.8 Å². The number of imide groups is 1. The molecule has 1 aromatic rings. The number of amides is 2. The molecule has 2 amide bonds. The van der Waals surface area contributed by atoms with E-state index in [2.05, 4.69) is 0 Å². The second-order valence-electron chi connectivity index (χ2n) is 4.50. The fourth-order valence-corrected chi connectivity index (χ4v) is 1.99. The van der Waals surface area contributed by atoms with Gasteiger partial charge < -0.3 is 9.94 Å². The summed E-state index contributed by atoms with van der Waals surface area (Å²) in [6.07, 6.45) is 1.96. The van der Waals surface area contributed by atoms with E-state index in [0.29, 0.717) is 24.3 Å². The van der Waals surface area contributed by atoms with E-state index in [-0.39, 0.29) is 25.0 Å². The van der Waals surface area contributed by atoms with E-state index >= 15 is 0 Å². The van der Waals surface area contributed by atoms with Gasteiger partial charge in [0.2, 0.25) is 11.8 Å². The lowest BCUT2D eigenvalue weighted by Crippen LogP contribution is -2.33. The molecule has 0 atom stereocenters. The van der Waals surface area contributed by atoms with Gasteiger partial charge in [-0.3, -0.25) is 14.5 Å². The van der Waals surface area contributed by atoms with Crippen LogP contribution >= 0.6 is 0 Å². The van der Waals surface area contributed by atoms with Crippen LogP contribution in [0.25, 0.3) is 0 Å². The summed E-state index contributed by atoms with van der Waals surface area (Å²) in [5.74, 6) is 0.308. The van der Waals surface area contributed by atoms with Crippen LogP contribution in [0.1, 0.15) is 24.1 Å². The maximum absolute atomic E-state index is 11.4. The molecule has 0 aromatic carbocycles. The summed E-state index contributed by atoms with van der Waals surface area (Å²) in [4.78, 5) is 24.0. The van der Waals surface area contributed by atoms with Gasteiger partial charge in [-0.1, -0.05) is 0 Å². The molecule has 0 spiro atoms. The Balaban J connectivity index is 1.95. The van der Waals surface area contributed by atoms with Crippen LogP contribution in [0, 0.1) is 19.1 Å². The minimum atomic E-state index is -0.146. The largest absolute Gasteiger partial charge is 0.618 e. The van der Waals surface area contributed by atoms with Crippen LogP contribution in [0.4, 0.5) is 0 Å². The second kappa shape index (κ2) is 5.26. The van der Waals surface area contributed by atoms with Gasteiger partial charge in [-0.25, -0.2) is 0 Å². The lowest BCUT2D eigenvalue weighted by atomic mass is 10.2. The van der Waals surface area contributed by atoms with E-state index in [0.717, 1.165) is 10.3 Å². The van der Waals surface area contributed by atoms with Gasteiger partial charge in [-0.2, -0.15) is 4.73 Å². The quantitative estimate of drug-likeness (QED) is 0.450. The molecule has 0 saturated carbocycles. The zero-order valence-corrected chi connectivity index (χ0v) is 11.0. The van der Waals surface area contributed by atoms with Crippen LogP contribution in [-0.4, -0.2) is 29.9 Å².